The van der Waals surface area contributed by atoms with Crippen molar-refractivity contribution in [3.05, 3.63) is 64.2 Å². The average Bonchev–Trinajstić information content (AvgIpc) is 3.58. The summed E-state index contributed by atoms with van der Waals surface area (Å²) in [6.07, 6.45) is 1.25. The van der Waals surface area contributed by atoms with Crippen LogP contribution in [0.1, 0.15) is 39.1 Å². The molecule has 3 rings (SSSR count). The Kier molecular flexibility index (Phi) is 6.60. The van der Waals surface area contributed by atoms with E-state index in [2.05, 4.69) is 14.8 Å². The Balaban J connectivity index is 1.66. The molecule has 1 amide bonds. The lowest BCUT2D eigenvalue weighted by Crippen LogP contribution is -2.28. The minimum Gasteiger partial charge on any atom is -0.465 e. The fourth-order valence-electron chi connectivity index (χ4n) is 3.14. The summed E-state index contributed by atoms with van der Waals surface area (Å²) in [5, 5.41) is 3.07. The van der Waals surface area contributed by atoms with Gasteiger partial charge in [0.25, 0.3) is 5.91 Å². The summed E-state index contributed by atoms with van der Waals surface area (Å²) in [7, 11) is 2.39. The van der Waals surface area contributed by atoms with Crippen LogP contribution < -0.4 is 5.32 Å². The molecule has 0 bridgehead atoms. The topological polar surface area (TPSA) is 108 Å². The monoisotopic (exact) mass is 445 g/mol. The maximum atomic E-state index is 12.6. The SMILES string of the molecule is COC(=O)c1cc(NC(=O)COC(=O)C2(c3ccc(Cl)cc3)CC2)cc(C(=O)OC)c1. The number of halogens is 1. The fraction of sp³-hybridized carbons (Fsp3) is 0.273. The summed E-state index contributed by atoms with van der Waals surface area (Å²) >= 11 is 5.89. The highest BCUT2D eigenvalue weighted by Crippen LogP contribution is 2.49. The van der Waals surface area contributed by atoms with Crippen LogP contribution in [0.3, 0.4) is 0 Å². The van der Waals surface area contributed by atoms with E-state index < -0.39 is 35.8 Å². The Morgan fingerprint density at radius 1 is 0.935 bits per heavy atom. The molecule has 1 aliphatic carbocycles. The number of nitrogens with one attached hydrogen (secondary N) is 1. The van der Waals surface area contributed by atoms with E-state index in [-0.39, 0.29) is 16.8 Å². The molecule has 0 atom stereocenters. The van der Waals surface area contributed by atoms with E-state index in [1.807, 2.05) is 0 Å². The molecular weight excluding hydrogens is 426 g/mol. The maximum Gasteiger partial charge on any atom is 0.337 e. The quantitative estimate of drug-likeness (QED) is 0.515. The zero-order chi connectivity index (χ0) is 22.6. The second kappa shape index (κ2) is 9.18. The molecule has 1 saturated carbocycles. The molecule has 2 aromatic rings. The molecule has 1 N–H and O–H groups in total. The lowest BCUT2D eigenvalue weighted by molar-refractivity contribution is -0.150. The van der Waals surface area contributed by atoms with Gasteiger partial charge in [0, 0.05) is 10.7 Å². The number of anilines is 1. The first-order valence-electron chi connectivity index (χ1n) is 9.34. The second-order valence-corrected chi connectivity index (χ2v) is 7.43. The van der Waals surface area contributed by atoms with Crippen LogP contribution in [0.2, 0.25) is 5.02 Å². The van der Waals surface area contributed by atoms with Crippen molar-refractivity contribution in [2.24, 2.45) is 0 Å². The van der Waals surface area contributed by atoms with Crippen molar-refractivity contribution in [2.75, 3.05) is 26.1 Å². The average molecular weight is 446 g/mol. The van der Waals surface area contributed by atoms with Crippen LogP contribution in [0.5, 0.6) is 0 Å². The van der Waals surface area contributed by atoms with Gasteiger partial charge in [-0.15, -0.1) is 0 Å². The molecular formula is C22H20ClNO7. The first kappa shape index (κ1) is 22.3. The predicted octanol–water partition coefficient (Wildman–Crippen LogP) is 3.13. The van der Waals surface area contributed by atoms with Gasteiger partial charge in [-0.25, -0.2) is 9.59 Å². The third-order valence-corrected chi connectivity index (χ3v) is 5.18. The number of hydrogen-bond acceptors (Lipinski definition) is 7. The molecule has 1 aliphatic rings. The number of methoxy groups -OCH3 is 2. The van der Waals surface area contributed by atoms with Crippen molar-refractivity contribution in [3.8, 4) is 0 Å². The normalized spacial score (nSPS) is 13.6. The molecule has 0 heterocycles. The predicted molar refractivity (Wildman–Crippen MR) is 111 cm³/mol. The Morgan fingerprint density at radius 3 is 1.97 bits per heavy atom. The van der Waals surface area contributed by atoms with Crippen LogP contribution in [0.15, 0.2) is 42.5 Å². The molecule has 8 nitrogen and oxygen atoms in total. The standard InChI is InChI=1S/C22H20ClNO7/c1-29-19(26)13-9-14(20(27)30-2)11-17(10-13)24-18(25)12-31-21(28)22(7-8-22)15-3-5-16(23)6-4-15/h3-6,9-11H,7-8,12H2,1-2H3,(H,24,25). The number of benzene rings is 2. The van der Waals surface area contributed by atoms with Crippen molar-refractivity contribution in [1.29, 1.82) is 0 Å². The molecule has 0 aliphatic heterocycles. The van der Waals surface area contributed by atoms with Crippen LogP contribution in [0, 0.1) is 0 Å². The van der Waals surface area contributed by atoms with Gasteiger partial charge in [0.1, 0.15) is 0 Å². The minimum atomic E-state index is -0.756. The number of amides is 1. The minimum absolute atomic E-state index is 0.0531. The smallest absolute Gasteiger partial charge is 0.337 e. The summed E-state index contributed by atoms with van der Waals surface area (Å²) in [4.78, 5) is 48.6. The number of carbonyl (C=O) groups is 4. The van der Waals surface area contributed by atoms with Gasteiger partial charge in [0.15, 0.2) is 6.61 Å². The highest BCUT2D eigenvalue weighted by atomic mass is 35.5. The maximum absolute atomic E-state index is 12.6. The van der Waals surface area contributed by atoms with Crippen molar-refractivity contribution < 1.29 is 33.4 Å². The van der Waals surface area contributed by atoms with E-state index in [1.165, 1.54) is 32.4 Å². The summed E-state index contributed by atoms with van der Waals surface area (Å²) < 4.78 is 14.5. The molecule has 9 heteroatoms. The zero-order valence-corrected chi connectivity index (χ0v) is 17.7. The first-order chi connectivity index (χ1) is 14.8. The van der Waals surface area contributed by atoms with Crippen LogP contribution >= 0.6 is 11.6 Å². The molecule has 0 saturated heterocycles. The summed E-state index contributed by atoms with van der Waals surface area (Å²) in [5.74, 6) is -2.50. The van der Waals surface area contributed by atoms with Gasteiger partial charge in [-0.1, -0.05) is 23.7 Å². The number of rotatable bonds is 7. The van der Waals surface area contributed by atoms with Gasteiger partial charge in [-0.2, -0.15) is 0 Å². The molecule has 31 heavy (non-hydrogen) atoms. The Morgan fingerprint density at radius 2 is 1.48 bits per heavy atom. The molecule has 0 radical (unpaired) electrons. The molecule has 0 aromatic heterocycles. The summed E-state index contributed by atoms with van der Waals surface area (Å²) in [6.45, 7) is -0.524. The number of ether oxygens (including phenoxy) is 3. The second-order valence-electron chi connectivity index (χ2n) is 7.00. The fourth-order valence-corrected chi connectivity index (χ4v) is 3.27. The van der Waals surface area contributed by atoms with E-state index in [0.29, 0.717) is 17.9 Å². The van der Waals surface area contributed by atoms with Gasteiger partial charge >= 0.3 is 17.9 Å². The number of carbonyl (C=O) groups excluding carboxylic acids is 4. The van der Waals surface area contributed by atoms with E-state index in [4.69, 9.17) is 16.3 Å². The van der Waals surface area contributed by atoms with Gasteiger partial charge in [-0.3, -0.25) is 9.59 Å². The molecule has 162 valence electrons. The molecule has 0 unspecified atom stereocenters. The third-order valence-electron chi connectivity index (χ3n) is 4.93. The van der Waals surface area contributed by atoms with Crippen LogP contribution in [-0.2, 0) is 29.2 Å². The summed E-state index contributed by atoms with van der Waals surface area (Å²) in [6, 6.07) is 10.9. The number of esters is 3. The lowest BCUT2D eigenvalue weighted by Gasteiger charge is -2.15. The van der Waals surface area contributed by atoms with Crippen molar-refractivity contribution in [2.45, 2.75) is 18.3 Å². The Bertz CT molecular complexity index is 994. The Hall–Kier alpha value is -3.39. The van der Waals surface area contributed by atoms with Crippen molar-refractivity contribution >= 4 is 41.1 Å². The van der Waals surface area contributed by atoms with Crippen molar-refractivity contribution in [1.82, 2.24) is 0 Å². The van der Waals surface area contributed by atoms with Gasteiger partial charge in [0.2, 0.25) is 0 Å². The van der Waals surface area contributed by atoms with Gasteiger partial charge < -0.3 is 19.5 Å². The lowest BCUT2D eigenvalue weighted by atomic mass is 9.96. The number of hydrogen-bond donors (Lipinski definition) is 1. The van der Waals surface area contributed by atoms with E-state index in [0.717, 1.165) is 5.56 Å². The first-order valence-corrected chi connectivity index (χ1v) is 9.72. The largest absolute Gasteiger partial charge is 0.465 e. The van der Waals surface area contributed by atoms with E-state index >= 15 is 0 Å². The van der Waals surface area contributed by atoms with E-state index in [1.54, 1.807) is 24.3 Å². The van der Waals surface area contributed by atoms with Crippen LogP contribution in [0.25, 0.3) is 0 Å². The molecule has 0 spiro atoms. The molecule has 2 aromatic carbocycles. The van der Waals surface area contributed by atoms with Gasteiger partial charge in [0.05, 0.1) is 30.8 Å². The zero-order valence-electron chi connectivity index (χ0n) is 16.9. The van der Waals surface area contributed by atoms with Crippen LogP contribution in [-0.4, -0.2) is 44.6 Å². The molecule has 1 fully saturated rings. The van der Waals surface area contributed by atoms with Gasteiger partial charge in [-0.05, 0) is 48.7 Å². The van der Waals surface area contributed by atoms with E-state index in [9.17, 15) is 19.2 Å². The van der Waals surface area contributed by atoms with Crippen LogP contribution in [0.4, 0.5) is 5.69 Å². The highest BCUT2D eigenvalue weighted by molar-refractivity contribution is 6.30. The summed E-state index contributed by atoms with van der Waals surface area (Å²) in [5.41, 5.74) is 0.294. The third kappa shape index (κ3) is 5.03. The van der Waals surface area contributed by atoms with Crippen molar-refractivity contribution in [3.63, 3.8) is 0 Å². The Labute approximate surface area is 183 Å². The highest BCUT2D eigenvalue weighted by Gasteiger charge is 2.52.